The Hall–Kier alpha value is -1.42. The summed E-state index contributed by atoms with van der Waals surface area (Å²) in [6.45, 7) is 1.93. The predicted octanol–water partition coefficient (Wildman–Crippen LogP) is 1.28. The van der Waals surface area contributed by atoms with E-state index in [0.717, 1.165) is 11.3 Å². The SMILES string of the molecule is Cc1nc(C(N)=S)c2ccccn12. The van der Waals surface area contributed by atoms with Crippen LogP contribution in [-0.2, 0) is 0 Å². The van der Waals surface area contributed by atoms with Gasteiger partial charge in [0, 0.05) is 6.20 Å². The van der Waals surface area contributed by atoms with Crippen LogP contribution in [0.2, 0.25) is 0 Å². The lowest BCUT2D eigenvalue weighted by Gasteiger charge is -1.94. The maximum Gasteiger partial charge on any atom is 0.124 e. The van der Waals surface area contributed by atoms with Gasteiger partial charge in [0.05, 0.1) is 5.52 Å². The Bertz CT molecular complexity index is 473. The molecular weight excluding hydrogens is 182 g/mol. The van der Waals surface area contributed by atoms with Gasteiger partial charge in [-0.2, -0.15) is 0 Å². The van der Waals surface area contributed by atoms with E-state index in [2.05, 4.69) is 4.98 Å². The summed E-state index contributed by atoms with van der Waals surface area (Å²) in [6.07, 6.45) is 1.94. The van der Waals surface area contributed by atoms with Crippen LogP contribution in [0.3, 0.4) is 0 Å². The number of aryl methyl sites for hydroxylation is 1. The summed E-state index contributed by atoms with van der Waals surface area (Å²) < 4.78 is 1.97. The predicted molar refractivity (Wildman–Crippen MR) is 55.8 cm³/mol. The molecule has 0 saturated heterocycles. The molecule has 2 aromatic heterocycles. The summed E-state index contributed by atoms with van der Waals surface area (Å²) in [4.78, 5) is 4.63. The number of nitrogens with zero attached hydrogens (tertiary/aromatic N) is 2. The molecule has 0 radical (unpaired) electrons. The van der Waals surface area contributed by atoms with Gasteiger partial charge < -0.3 is 10.1 Å². The van der Waals surface area contributed by atoms with Gasteiger partial charge in [0.15, 0.2) is 0 Å². The third-order valence-corrected chi connectivity index (χ3v) is 2.15. The zero-order chi connectivity index (χ0) is 9.42. The third kappa shape index (κ3) is 1.19. The second kappa shape index (κ2) is 2.81. The average molecular weight is 191 g/mol. The quantitative estimate of drug-likeness (QED) is 0.690. The molecule has 0 bridgehead atoms. The maximum atomic E-state index is 5.55. The first-order valence-electron chi connectivity index (χ1n) is 3.93. The summed E-state index contributed by atoms with van der Waals surface area (Å²) >= 11 is 4.90. The van der Waals surface area contributed by atoms with Gasteiger partial charge in [-0.1, -0.05) is 18.3 Å². The molecule has 2 heterocycles. The first kappa shape index (κ1) is 8.19. The van der Waals surface area contributed by atoms with E-state index >= 15 is 0 Å². The Morgan fingerprint density at radius 2 is 2.31 bits per heavy atom. The van der Waals surface area contributed by atoms with E-state index in [1.807, 2.05) is 35.7 Å². The molecule has 0 fully saturated rings. The number of rotatable bonds is 1. The standard InChI is InChI=1S/C9H9N3S/c1-6-11-8(9(10)13)7-4-2-3-5-12(6)7/h2-5H,1H3,(H2,10,13). The van der Waals surface area contributed by atoms with E-state index < -0.39 is 0 Å². The number of nitrogens with two attached hydrogens (primary N) is 1. The number of hydrogen-bond acceptors (Lipinski definition) is 2. The fourth-order valence-electron chi connectivity index (χ4n) is 1.37. The van der Waals surface area contributed by atoms with Crippen molar-refractivity contribution in [1.29, 1.82) is 0 Å². The number of fused-ring (bicyclic) bond motifs is 1. The molecule has 13 heavy (non-hydrogen) atoms. The summed E-state index contributed by atoms with van der Waals surface area (Å²) in [5.41, 5.74) is 7.22. The second-order valence-electron chi connectivity index (χ2n) is 2.83. The van der Waals surface area contributed by atoms with E-state index in [-0.39, 0.29) is 0 Å². The van der Waals surface area contributed by atoms with E-state index in [0.29, 0.717) is 10.7 Å². The van der Waals surface area contributed by atoms with Crippen molar-refractivity contribution in [2.45, 2.75) is 6.92 Å². The van der Waals surface area contributed by atoms with Crippen molar-refractivity contribution in [1.82, 2.24) is 9.38 Å². The molecule has 0 atom stereocenters. The minimum Gasteiger partial charge on any atom is -0.388 e. The molecule has 2 aromatic rings. The third-order valence-electron chi connectivity index (χ3n) is 1.96. The molecular formula is C9H9N3S. The van der Waals surface area contributed by atoms with Gasteiger partial charge >= 0.3 is 0 Å². The molecule has 0 aliphatic heterocycles. The lowest BCUT2D eigenvalue weighted by molar-refractivity contribution is 1.04. The Balaban J connectivity index is 2.85. The van der Waals surface area contributed by atoms with E-state index in [1.165, 1.54) is 0 Å². The first-order chi connectivity index (χ1) is 6.20. The molecule has 2 rings (SSSR count). The van der Waals surface area contributed by atoms with Gasteiger partial charge in [-0.15, -0.1) is 0 Å². The summed E-state index contributed by atoms with van der Waals surface area (Å²) in [5.74, 6) is 0.901. The largest absolute Gasteiger partial charge is 0.388 e. The number of hydrogen-bond donors (Lipinski definition) is 1. The molecule has 0 aliphatic rings. The fourth-order valence-corrected chi connectivity index (χ4v) is 1.52. The monoisotopic (exact) mass is 191 g/mol. The van der Waals surface area contributed by atoms with Crippen molar-refractivity contribution in [2.24, 2.45) is 5.73 Å². The summed E-state index contributed by atoms with van der Waals surface area (Å²) in [5, 5.41) is 0. The highest BCUT2D eigenvalue weighted by Crippen LogP contribution is 2.11. The fraction of sp³-hybridized carbons (Fsp3) is 0.111. The number of imidazole rings is 1. The number of aromatic nitrogens is 2. The van der Waals surface area contributed by atoms with Gasteiger partial charge in [0.25, 0.3) is 0 Å². The molecule has 0 saturated carbocycles. The van der Waals surface area contributed by atoms with Crippen molar-refractivity contribution in [3.8, 4) is 0 Å². The highest BCUT2D eigenvalue weighted by Gasteiger charge is 2.08. The van der Waals surface area contributed by atoms with Crippen LogP contribution in [0.15, 0.2) is 24.4 Å². The Morgan fingerprint density at radius 3 is 3.00 bits per heavy atom. The molecule has 0 aliphatic carbocycles. The van der Waals surface area contributed by atoms with Crippen LogP contribution in [-0.4, -0.2) is 14.4 Å². The van der Waals surface area contributed by atoms with Crippen molar-refractivity contribution in [3.05, 3.63) is 35.9 Å². The maximum absolute atomic E-state index is 5.55. The van der Waals surface area contributed by atoms with Crippen molar-refractivity contribution < 1.29 is 0 Å². The van der Waals surface area contributed by atoms with Gasteiger partial charge in [-0.05, 0) is 19.1 Å². The van der Waals surface area contributed by atoms with Crippen LogP contribution in [0.25, 0.3) is 5.52 Å². The first-order valence-corrected chi connectivity index (χ1v) is 4.34. The van der Waals surface area contributed by atoms with E-state index in [9.17, 15) is 0 Å². The smallest absolute Gasteiger partial charge is 0.124 e. The van der Waals surface area contributed by atoms with Crippen LogP contribution >= 0.6 is 12.2 Å². The minimum absolute atomic E-state index is 0.344. The van der Waals surface area contributed by atoms with E-state index in [4.69, 9.17) is 18.0 Å². The number of thiocarbonyl (C=S) groups is 1. The van der Waals surface area contributed by atoms with Gasteiger partial charge in [-0.3, -0.25) is 0 Å². The van der Waals surface area contributed by atoms with Crippen molar-refractivity contribution in [2.75, 3.05) is 0 Å². The Labute approximate surface area is 81.2 Å². The van der Waals surface area contributed by atoms with Crippen molar-refractivity contribution >= 4 is 22.7 Å². The molecule has 0 unspecified atom stereocenters. The van der Waals surface area contributed by atoms with Crippen LogP contribution in [0.5, 0.6) is 0 Å². The topological polar surface area (TPSA) is 43.3 Å². The molecule has 3 nitrogen and oxygen atoms in total. The highest BCUT2D eigenvalue weighted by molar-refractivity contribution is 7.80. The van der Waals surface area contributed by atoms with Crippen LogP contribution in [0.1, 0.15) is 11.5 Å². The normalized spacial score (nSPS) is 10.5. The van der Waals surface area contributed by atoms with Gasteiger partial charge in [-0.25, -0.2) is 4.98 Å². The molecule has 2 N–H and O–H groups in total. The van der Waals surface area contributed by atoms with Gasteiger partial charge in [0.2, 0.25) is 0 Å². The zero-order valence-corrected chi connectivity index (χ0v) is 8.01. The Morgan fingerprint density at radius 1 is 1.54 bits per heavy atom. The second-order valence-corrected chi connectivity index (χ2v) is 3.27. The lowest BCUT2D eigenvalue weighted by atomic mass is 10.3. The van der Waals surface area contributed by atoms with Crippen LogP contribution in [0, 0.1) is 6.92 Å². The number of pyridine rings is 1. The summed E-state index contributed by atoms with van der Waals surface area (Å²) in [7, 11) is 0. The Kier molecular flexibility index (Phi) is 1.77. The van der Waals surface area contributed by atoms with Crippen LogP contribution < -0.4 is 5.73 Å². The van der Waals surface area contributed by atoms with Crippen LogP contribution in [0.4, 0.5) is 0 Å². The molecule has 0 amide bonds. The van der Waals surface area contributed by atoms with E-state index in [1.54, 1.807) is 0 Å². The summed E-state index contributed by atoms with van der Waals surface area (Å²) in [6, 6.07) is 5.84. The minimum atomic E-state index is 0.344. The van der Waals surface area contributed by atoms with Gasteiger partial charge in [0.1, 0.15) is 16.5 Å². The highest BCUT2D eigenvalue weighted by atomic mass is 32.1. The molecule has 0 spiro atoms. The molecule has 4 heteroatoms. The zero-order valence-electron chi connectivity index (χ0n) is 7.19. The molecule has 0 aromatic carbocycles. The average Bonchev–Trinajstić information content (AvgIpc) is 2.45. The van der Waals surface area contributed by atoms with Crippen molar-refractivity contribution in [3.63, 3.8) is 0 Å². The molecule has 66 valence electrons. The lowest BCUT2D eigenvalue weighted by Crippen LogP contribution is -2.10.